The van der Waals surface area contributed by atoms with E-state index in [0.29, 0.717) is 6.54 Å². The van der Waals surface area contributed by atoms with Crippen LogP contribution in [0, 0.1) is 6.92 Å². The van der Waals surface area contributed by atoms with E-state index in [1.165, 1.54) is 16.3 Å². The fraction of sp³-hybridized carbons (Fsp3) is 0.190. The van der Waals surface area contributed by atoms with Crippen molar-refractivity contribution in [3.8, 4) is 0 Å². The van der Waals surface area contributed by atoms with Crippen molar-refractivity contribution in [2.45, 2.75) is 13.5 Å². The van der Waals surface area contributed by atoms with Crippen molar-refractivity contribution < 1.29 is 4.79 Å². The van der Waals surface area contributed by atoms with Gasteiger partial charge in [-0.1, -0.05) is 48.5 Å². The monoisotopic (exact) mass is 318 g/mol. The summed E-state index contributed by atoms with van der Waals surface area (Å²) in [5, 5.41) is 5.41. The second kappa shape index (κ2) is 7.28. The molecule has 1 amide bonds. The lowest BCUT2D eigenvalue weighted by Gasteiger charge is -2.17. The van der Waals surface area contributed by atoms with Crippen LogP contribution in [-0.2, 0) is 11.3 Å². The van der Waals surface area contributed by atoms with Crippen LogP contribution in [0.3, 0.4) is 0 Å². The standard InChI is InChI=1S/C21H22N2O/c1-16-6-5-9-20(12-16)22-21(24)15-23(2)14-17-10-11-18-7-3-4-8-19(18)13-17/h3-13H,14-15H2,1-2H3,(H,22,24). The van der Waals surface area contributed by atoms with Gasteiger partial charge in [-0.15, -0.1) is 0 Å². The molecule has 1 N–H and O–H groups in total. The summed E-state index contributed by atoms with van der Waals surface area (Å²) >= 11 is 0. The number of anilines is 1. The third kappa shape index (κ3) is 4.21. The molecule has 0 heterocycles. The highest BCUT2D eigenvalue weighted by Crippen LogP contribution is 2.16. The van der Waals surface area contributed by atoms with Crippen molar-refractivity contribution >= 4 is 22.4 Å². The highest BCUT2D eigenvalue weighted by molar-refractivity contribution is 5.92. The van der Waals surface area contributed by atoms with E-state index in [0.717, 1.165) is 17.8 Å². The Morgan fingerprint density at radius 2 is 1.75 bits per heavy atom. The van der Waals surface area contributed by atoms with Crippen molar-refractivity contribution in [3.05, 3.63) is 77.9 Å². The van der Waals surface area contributed by atoms with Crippen LogP contribution in [0.25, 0.3) is 10.8 Å². The molecule has 3 heteroatoms. The average Bonchev–Trinajstić information content (AvgIpc) is 2.54. The van der Waals surface area contributed by atoms with Crippen LogP contribution < -0.4 is 5.32 Å². The number of nitrogens with zero attached hydrogens (tertiary/aromatic N) is 1. The van der Waals surface area contributed by atoms with Gasteiger partial charge in [0.05, 0.1) is 6.54 Å². The Morgan fingerprint density at radius 3 is 2.54 bits per heavy atom. The van der Waals surface area contributed by atoms with Crippen molar-refractivity contribution in [2.75, 3.05) is 18.9 Å². The maximum atomic E-state index is 12.2. The summed E-state index contributed by atoms with van der Waals surface area (Å²) in [7, 11) is 1.96. The minimum atomic E-state index is 0.00360. The molecule has 0 aliphatic rings. The van der Waals surface area contributed by atoms with Gasteiger partial charge < -0.3 is 5.32 Å². The van der Waals surface area contributed by atoms with E-state index in [1.54, 1.807) is 0 Å². The number of hydrogen-bond donors (Lipinski definition) is 1. The summed E-state index contributed by atoms with van der Waals surface area (Å²) in [6.07, 6.45) is 0. The average molecular weight is 318 g/mol. The van der Waals surface area contributed by atoms with Gasteiger partial charge in [0.2, 0.25) is 5.91 Å². The molecule has 0 saturated heterocycles. The van der Waals surface area contributed by atoms with Gasteiger partial charge in [0, 0.05) is 12.2 Å². The molecule has 3 aromatic rings. The van der Waals surface area contributed by atoms with E-state index < -0.39 is 0 Å². The third-order valence-electron chi connectivity index (χ3n) is 3.98. The fourth-order valence-electron chi connectivity index (χ4n) is 2.87. The molecule has 3 nitrogen and oxygen atoms in total. The molecule has 0 bridgehead atoms. The molecule has 3 rings (SSSR count). The SMILES string of the molecule is Cc1cccc(NC(=O)CN(C)Cc2ccc3ccccc3c2)c1. The maximum absolute atomic E-state index is 12.2. The number of benzene rings is 3. The zero-order chi connectivity index (χ0) is 16.9. The fourth-order valence-corrected chi connectivity index (χ4v) is 2.87. The lowest BCUT2D eigenvalue weighted by atomic mass is 10.1. The Labute approximate surface area is 142 Å². The quantitative estimate of drug-likeness (QED) is 0.764. The van der Waals surface area contributed by atoms with Gasteiger partial charge in [0.1, 0.15) is 0 Å². The van der Waals surface area contributed by atoms with Gasteiger partial charge >= 0.3 is 0 Å². The number of amides is 1. The second-order valence-electron chi connectivity index (χ2n) is 6.27. The first-order chi connectivity index (χ1) is 11.6. The van der Waals surface area contributed by atoms with Crippen LogP contribution >= 0.6 is 0 Å². The number of nitrogens with one attached hydrogen (secondary N) is 1. The van der Waals surface area contributed by atoms with Crippen LogP contribution in [0.5, 0.6) is 0 Å². The molecule has 0 aliphatic carbocycles. The van der Waals surface area contributed by atoms with Gasteiger partial charge in [-0.25, -0.2) is 0 Å². The van der Waals surface area contributed by atoms with Crippen LogP contribution in [0.4, 0.5) is 5.69 Å². The molecule has 0 atom stereocenters. The van der Waals surface area contributed by atoms with Crippen molar-refractivity contribution in [1.29, 1.82) is 0 Å². The van der Waals surface area contributed by atoms with Crippen LogP contribution in [0.2, 0.25) is 0 Å². The number of hydrogen-bond acceptors (Lipinski definition) is 2. The number of carbonyl (C=O) groups excluding carboxylic acids is 1. The summed E-state index contributed by atoms with van der Waals surface area (Å²) < 4.78 is 0. The minimum absolute atomic E-state index is 0.00360. The van der Waals surface area contributed by atoms with Crippen molar-refractivity contribution in [1.82, 2.24) is 4.90 Å². The van der Waals surface area contributed by atoms with Gasteiger partial charge in [0.15, 0.2) is 0 Å². The van der Waals surface area contributed by atoms with E-state index in [1.807, 2.05) is 55.3 Å². The first-order valence-corrected chi connectivity index (χ1v) is 8.13. The normalized spacial score (nSPS) is 11.0. The Balaban J connectivity index is 1.59. The summed E-state index contributed by atoms with van der Waals surface area (Å²) in [6.45, 7) is 3.12. The van der Waals surface area contributed by atoms with E-state index in [4.69, 9.17) is 0 Å². The third-order valence-corrected chi connectivity index (χ3v) is 3.98. The zero-order valence-electron chi connectivity index (χ0n) is 14.1. The van der Waals surface area contributed by atoms with Crippen molar-refractivity contribution in [2.24, 2.45) is 0 Å². The van der Waals surface area contributed by atoms with Gasteiger partial charge in [0.25, 0.3) is 0 Å². The molecule has 0 unspecified atom stereocenters. The number of fused-ring (bicyclic) bond motifs is 1. The number of rotatable bonds is 5. The molecule has 0 fully saturated rings. The Bertz CT molecular complexity index is 857. The molecule has 0 aliphatic heterocycles. The maximum Gasteiger partial charge on any atom is 0.238 e. The topological polar surface area (TPSA) is 32.3 Å². The van der Waals surface area contributed by atoms with E-state index in [2.05, 4.69) is 35.6 Å². The first-order valence-electron chi connectivity index (χ1n) is 8.13. The smallest absolute Gasteiger partial charge is 0.238 e. The molecule has 0 spiro atoms. The van der Waals surface area contributed by atoms with Gasteiger partial charge in [-0.3, -0.25) is 9.69 Å². The number of likely N-dealkylation sites (N-methyl/N-ethyl adjacent to an activating group) is 1. The van der Waals surface area contributed by atoms with Gasteiger partial charge in [-0.2, -0.15) is 0 Å². The Hall–Kier alpha value is -2.65. The molecular weight excluding hydrogens is 296 g/mol. The molecule has 24 heavy (non-hydrogen) atoms. The molecular formula is C21H22N2O. The van der Waals surface area contributed by atoms with Crippen LogP contribution in [0.1, 0.15) is 11.1 Å². The number of carbonyl (C=O) groups is 1. The summed E-state index contributed by atoms with van der Waals surface area (Å²) in [4.78, 5) is 14.2. The molecule has 0 radical (unpaired) electrons. The predicted octanol–water partition coefficient (Wildman–Crippen LogP) is 4.22. The minimum Gasteiger partial charge on any atom is -0.325 e. The Morgan fingerprint density at radius 1 is 0.958 bits per heavy atom. The molecule has 122 valence electrons. The van der Waals surface area contributed by atoms with Gasteiger partial charge in [-0.05, 0) is 54.1 Å². The molecule has 0 saturated carbocycles. The lowest BCUT2D eigenvalue weighted by molar-refractivity contribution is -0.117. The zero-order valence-corrected chi connectivity index (χ0v) is 14.1. The summed E-state index contributed by atoms with van der Waals surface area (Å²) in [6, 6.07) is 22.6. The van der Waals surface area contributed by atoms with E-state index >= 15 is 0 Å². The Kier molecular flexibility index (Phi) is 4.92. The summed E-state index contributed by atoms with van der Waals surface area (Å²) in [5.74, 6) is 0.00360. The molecule has 0 aromatic heterocycles. The molecule has 3 aromatic carbocycles. The van der Waals surface area contributed by atoms with Crippen molar-refractivity contribution in [3.63, 3.8) is 0 Å². The van der Waals surface area contributed by atoms with Crippen LogP contribution in [-0.4, -0.2) is 24.4 Å². The second-order valence-corrected chi connectivity index (χ2v) is 6.27. The largest absolute Gasteiger partial charge is 0.325 e. The summed E-state index contributed by atoms with van der Waals surface area (Å²) in [5.41, 5.74) is 3.19. The van der Waals surface area contributed by atoms with E-state index in [9.17, 15) is 4.79 Å². The van der Waals surface area contributed by atoms with E-state index in [-0.39, 0.29) is 5.91 Å². The lowest BCUT2D eigenvalue weighted by Crippen LogP contribution is -2.29. The predicted molar refractivity (Wildman–Crippen MR) is 100 cm³/mol. The first kappa shape index (κ1) is 16.2. The highest BCUT2D eigenvalue weighted by Gasteiger charge is 2.08. The highest BCUT2D eigenvalue weighted by atomic mass is 16.2. The number of aryl methyl sites for hydroxylation is 1. The van der Waals surface area contributed by atoms with Crippen LogP contribution in [0.15, 0.2) is 66.7 Å².